The van der Waals surface area contributed by atoms with Crippen LogP contribution in [0.2, 0.25) is 0 Å². The van der Waals surface area contributed by atoms with Crippen LogP contribution >= 0.6 is 12.2 Å². The first-order valence-corrected chi connectivity index (χ1v) is 10.3. The quantitative estimate of drug-likeness (QED) is 0.637. The minimum Gasteiger partial charge on any atom is -0.464 e. The predicted octanol–water partition coefficient (Wildman–Crippen LogP) is 4.53. The molecule has 0 spiro atoms. The van der Waals surface area contributed by atoms with Gasteiger partial charge in [-0.1, -0.05) is 6.07 Å². The Morgan fingerprint density at radius 2 is 1.97 bits per heavy atom. The number of thiocarbonyl (C=S) groups is 1. The fraction of sp³-hybridized carbons (Fsp3) is 0.476. The number of morpholine rings is 1. The fourth-order valence-corrected chi connectivity index (χ4v) is 3.57. The summed E-state index contributed by atoms with van der Waals surface area (Å²) in [7, 11) is 0. The monoisotopic (exact) mass is 441 g/mol. The number of halogens is 3. The summed E-state index contributed by atoms with van der Waals surface area (Å²) in [6.45, 7) is 7.17. The lowest BCUT2D eigenvalue weighted by molar-refractivity contribution is -0.137. The second-order valence-corrected chi connectivity index (χ2v) is 7.64. The van der Waals surface area contributed by atoms with E-state index >= 15 is 0 Å². The van der Waals surface area contributed by atoms with Crippen LogP contribution in [-0.2, 0) is 17.5 Å². The summed E-state index contributed by atoms with van der Waals surface area (Å²) in [5.41, 5.74) is -0.403. The number of hydrogen-bond donors (Lipinski definition) is 1. The average molecular weight is 442 g/mol. The van der Waals surface area contributed by atoms with E-state index in [1.165, 1.54) is 6.07 Å². The van der Waals surface area contributed by atoms with Crippen molar-refractivity contribution in [2.45, 2.75) is 26.1 Å². The van der Waals surface area contributed by atoms with E-state index in [1.54, 1.807) is 6.07 Å². The number of furan rings is 1. The average Bonchev–Trinajstić information content (AvgIpc) is 3.12. The van der Waals surface area contributed by atoms with Gasteiger partial charge in [-0.25, -0.2) is 0 Å². The Labute approximate surface area is 179 Å². The molecule has 30 heavy (non-hydrogen) atoms. The molecule has 1 saturated heterocycles. The van der Waals surface area contributed by atoms with E-state index in [0.717, 1.165) is 62.9 Å². The van der Waals surface area contributed by atoms with Gasteiger partial charge in [0, 0.05) is 31.9 Å². The molecule has 0 bridgehead atoms. The molecule has 1 fully saturated rings. The number of ether oxygens (including phenoxy) is 1. The topological polar surface area (TPSA) is 40.9 Å². The third-order valence-electron chi connectivity index (χ3n) is 4.88. The maximum atomic E-state index is 13.0. The second kappa shape index (κ2) is 10.3. The summed E-state index contributed by atoms with van der Waals surface area (Å²) in [6.07, 6.45) is -3.53. The van der Waals surface area contributed by atoms with E-state index in [2.05, 4.69) is 10.2 Å². The molecule has 5 nitrogen and oxygen atoms in total. The third kappa shape index (κ3) is 6.72. The number of anilines is 1. The highest BCUT2D eigenvalue weighted by atomic mass is 32.1. The Hall–Kier alpha value is -2.10. The molecule has 2 aromatic rings. The predicted molar refractivity (Wildman–Crippen MR) is 113 cm³/mol. The standard InChI is InChI=1S/C21H26F3N3O2S/c1-16-6-7-19(29-16)15-27(9-3-8-26-10-12-28-13-11-26)20(30)25-18-5-2-4-17(14-18)21(22,23)24/h2,4-7,14H,3,8-13,15H2,1H3,(H,25,30). The van der Waals surface area contributed by atoms with E-state index in [1.807, 2.05) is 24.0 Å². The van der Waals surface area contributed by atoms with Crippen LogP contribution in [0.4, 0.5) is 18.9 Å². The molecule has 0 saturated carbocycles. The van der Waals surface area contributed by atoms with Crippen LogP contribution in [0.1, 0.15) is 23.5 Å². The molecule has 1 aromatic heterocycles. The SMILES string of the molecule is Cc1ccc(CN(CCCN2CCOCC2)C(=S)Nc2cccc(C(F)(F)F)c2)o1. The van der Waals surface area contributed by atoms with Gasteiger partial charge in [0.15, 0.2) is 5.11 Å². The molecule has 1 aliphatic heterocycles. The first kappa shape index (κ1) is 22.6. The summed E-state index contributed by atoms with van der Waals surface area (Å²) in [5, 5.41) is 3.32. The van der Waals surface area contributed by atoms with Crippen LogP contribution in [0.15, 0.2) is 40.8 Å². The third-order valence-corrected chi connectivity index (χ3v) is 5.24. The summed E-state index contributed by atoms with van der Waals surface area (Å²) < 4.78 is 50.0. The molecule has 0 amide bonds. The van der Waals surface area contributed by atoms with Gasteiger partial charge in [0.25, 0.3) is 0 Å². The fourth-order valence-electron chi connectivity index (χ4n) is 3.30. The molecule has 0 atom stereocenters. The van der Waals surface area contributed by atoms with Crippen molar-refractivity contribution < 1.29 is 22.3 Å². The van der Waals surface area contributed by atoms with Crippen LogP contribution in [-0.4, -0.2) is 54.3 Å². The zero-order chi connectivity index (χ0) is 21.6. The summed E-state index contributed by atoms with van der Waals surface area (Å²) in [4.78, 5) is 4.26. The van der Waals surface area contributed by atoms with E-state index in [0.29, 0.717) is 23.9 Å². The highest BCUT2D eigenvalue weighted by molar-refractivity contribution is 7.80. The molecule has 2 heterocycles. The zero-order valence-electron chi connectivity index (χ0n) is 16.9. The van der Waals surface area contributed by atoms with Crippen molar-refractivity contribution in [2.24, 2.45) is 0 Å². The number of nitrogens with zero attached hydrogens (tertiary/aromatic N) is 2. The van der Waals surface area contributed by atoms with Crippen molar-refractivity contribution in [2.75, 3.05) is 44.7 Å². The van der Waals surface area contributed by atoms with Crippen molar-refractivity contribution in [3.05, 3.63) is 53.5 Å². The molecule has 0 aliphatic carbocycles. The zero-order valence-corrected chi connectivity index (χ0v) is 17.7. The van der Waals surface area contributed by atoms with Gasteiger partial charge in [0.2, 0.25) is 0 Å². The maximum absolute atomic E-state index is 13.0. The Kier molecular flexibility index (Phi) is 7.74. The molecular formula is C21H26F3N3O2S. The van der Waals surface area contributed by atoms with Gasteiger partial charge in [-0.15, -0.1) is 0 Å². The Morgan fingerprint density at radius 3 is 2.63 bits per heavy atom. The summed E-state index contributed by atoms with van der Waals surface area (Å²) in [6, 6.07) is 8.81. The number of benzene rings is 1. The molecule has 1 N–H and O–H groups in total. The van der Waals surface area contributed by atoms with Gasteiger partial charge in [-0.05, 0) is 55.9 Å². The number of nitrogens with one attached hydrogen (secondary N) is 1. The Bertz CT molecular complexity index is 835. The van der Waals surface area contributed by atoms with Gasteiger partial charge < -0.3 is 19.4 Å². The van der Waals surface area contributed by atoms with Crippen molar-refractivity contribution >= 4 is 23.0 Å². The van der Waals surface area contributed by atoms with Gasteiger partial charge in [0.1, 0.15) is 11.5 Å². The van der Waals surface area contributed by atoms with Crippen LogP contribution in [0.3, 0.4) is 0 Å². The van der Waals surface area contributed by atoms with Gasteiger partial charge in [-0.2, -0.15) is 13.2 Å². The number of hydrogen-bond acceptors (Lipinski definition) is 4. The smallest absolute Gasteiger partial charge is 0.416 e. The summed E-state index contributed by atoms with van der Waals surface area (Å²) >= 11 is 5.53. The molecule has 0 unspecified atom stereocenters. The lowest BCUT2D eigenvalue weighted by atomic mass is 10.2. The molecule has 164 valence electrons. The Morgan fingerprint density at radius 1 is 1.20 bits per heavy atom. The molecule has 9 heteroatoms. The second-order valence-electron chi connectivity index (χ2n) is 7.25. The highest BCUT2D eigenvalue weighted by Crippen LogP contribution is 2.30. The molecule has 0 radical (unpaired) electrons. The van der Waals surface area contributed by atoms with Crippen LogP contribution in [0.5, 0.6) is 0 Å². The molecule has 3 rings (SSSR count). The van der Waals surface area contributed by atoms with E-state index in [9.17, 15) is 13.2 Å². The molecular weight excluding hydrogens is 415 g/mol. The van der Waals surface area contributed by atoms with Crippen LogP contribution in [0.25, 0.3) is 0 Å². The highest BCUT2D eigenvalue weighted by Gasteiger charge is 2.30. The first-order chi connectivity index (χ1) is 14.3. The number of aryl methyl sites for hydroxylation is 1. The number of alkyl halides is 3. The van der Waals surface area contributed by atoms with Crippen molar-refractivity contribution in [3.63, 3.8) is 0 Å². The largest absolute Gasteiger partial charge is 0.464 e. The summed E-state index contributed by atoms with van der Waals surface area (Å²) in [5.74, 6) is 1.56. The molecule has 1 aliphatic rings. The lowest BCUT2D eigenvalue weighted by Crippen LogP contribution is -2.40. The maximum Gasteiger partial charge on any atom is 0.416 e. The van der Waals surface area contributed by atoms with Crippen molar-refractivity contribution in [3.8, 4) is 0 Å². The van der Waals surface area contributed by atoms with Crippen molar-refractivity contribution in [1.82, 2.24) is 9.80 Å². The minimum atomic E-state index is -4.40. The number of rotatable bonds is 7. The normalized spacial score (nSPS) is 15.2. The van der Waals surface area contributed by atoms with Gasteiger partial charge in [-0.3, -0.25) is 4.90 Å². The van der Waals surface area contributed by atoms with E-state index in [4.69, 9.17) is 21.4 Å². The van der Waals surface area contributed by atoms with Crippen LogP contribution < -0.4 is 5.32 Å². The lowest BCUT2D eigenvalue weighted by Gasteiger charge is -2.29. The van der Waals surface area contributed by atoms with Gasteiger partial charge in [0.05, 0.1) is 25.3 Å². The van der Waals surface area contributed by atoms with Crippen LogP contribution in [0, 0.1) is 6.92 Å². The minimum absolute atomic E-state index is 0.309. The molecule has 1 aromatic carbocycles. The van der Waals surface area contributed by atoms with Crippen molar-refractivity contribution in [1.29, 1.82) is 0 Å². The van der Waals surface area contributed by atoms with E-state index < -0.39 is 11.7 Å². The van der Waals surface area contributed by atoms with E-state index in [-0.39, 0.29) is 0 Å². The van der Waals surface area contributed by atoms with Gasteiger partial charge >= 0.3 is 6.18 Å². The first-order valence-electron chi connectivity index (χ1n) is 9.90. The Balaban J connectivity index is 1.64.